The molecule has 2 aromatic rings. The zero-order valence-corrected chi connectivity index (χ0v) is 13.8. The maximum atomic E-state index is 3.55. The van der Waals surface area contributed by atoms with Gasteiger partial charge in [0.1, 0.15) is 0 Å². The summed E-state index contributed by atoms with van der Waals surface area (Å²) in [5.41, 5.74) is 1.39. The molecule has 3 heteroatoms. The summed E-state index contributed by atoms with van der Waals surface area (Å²) in [5.74, 6) is 2.30. The highest BCUT2D eigenvalue weighted by atomic mass is 32.2. The zero-order valence-electron chi connectivity index (χ0n) is 12.1. The Labute approximate surface area is 135 Å². The van der Waals surface area contributed by atoms with E-state index in [-0.39, 0.29) is 0 Å². The summed E-state index contributed by atoms with van der Waals surface area (Å²) in [4.78, 5) is 2.73. The van der Waals surface area contributed by atoms with Crippen molar-refractivity contribution in [3.05, 3.63) is 60.2 Å². The zero-order chi connectivity index (χ0) is 14.3. The molecule has 1 aliphatic rings. The lowest BCUT2D eigenvalue weighted by atomic mass is 10.2. The number of thioether (sulfide) groups is 2. The Morgan fingerprint density at radius 1 is 0.810 bits per heavy atom. The van der Waals surface area contributed by atoms with Gasteiger partial charge in [0.25, 0.3) is 0 Å². The predicted molar refractivity (Wildman–Crippen MR) is 94.2 cm³/mol. The quantitative estimate of drug-likeness (QED) is 0.554. The molecule has 1 saturated carbocycles. The van der Waals surface area contributed by atoms with Crippen molar-refractivity contribution in [1.82, 2.24) is 5.32 Å². The lowest BCUT2D eigenvalue weighted by Gasteiger charge is -2.05. The van der Waals surface area contributed by atoms with Crippen molar-refractivity contribution < 1.29 is 0 Å². The van der Waals surface area contributed by atoms with Crippen LogP contribution in [0.3, 0.4) is 0 Å². The van der Waals surface area contributed by atoms with E-state index in [9.17, 15) is 0 Å². The molecule has 0 radical (unpaired) electrons. The second-order valence-electron chi connectivity index (χ2n) is 5.31. The smallest absolute Gasteiger partial charge is 0.0208 e. The second kappa shape index (κ2) is 7.92. The molecule has 2 aromatic carbocycles. The van der Waals surface area contributed by atoms with Crippen LogP contribution < -0.4 is 5.32 Å². The van der Waals surface area contributed by atoms with Crippen LogP contribution in [0.25, 0.3) is 0 Å². The summed E-state index contributed by atoms with van der Waals surface area (Å²) in [6, 6.07) is 20.4. The van der Waals surface area contributed by atoms with Crippen molar-refractivity contribution in [2.24, 2.45) is 0 Å². The Kier molecular flexibility index (Phi) is 5.67. The number of rotatable bonds is 8. The molecule has 21 heavy (non-hydrogen) atoms. The lowest BCUT2D eigenvalue weighted by Crippen LogP contribution is -2.14. The molecule has 0 bridgehead atoms. The first-order valence-corrected chi connectivity index (χ1v) is 9.50. The van der Waals surface area contributed by atoms with Crippen LogP contribution in [0.4, 0.5) is 0 Å². The van der Waals surface area contributed by atoms with Crippen LogP contribution in [0.5, 0.6) is 0 Å². The molecule has 1 aliphatic carbocycles. The van der Waals surface area contributed by atoms with Crippen LogP contribution in [0.15, 0.2) is 64.4 Å². The highest BCUT2D eigenvalue weighted by Gasteiger charge is 2.19. The van der Waals surface area contributed by atoms with E-state index in [1.54, 1.807) is 0 Å². The molecule has 0 saturated heterocycles. The third-order valence-corrected chi connectivity index (χ3v) is 5.75. The van der Waals surface area contributed by atoms with E-state index < -0.39 is 0 Å². The van der Waals surface area contributed by atoms with Crippen LogP contribution in [0.1, 0.15) is 18.4 Å². The van der Waals surface area contributed by atoms with Gasteiger partial charge in [-0.25, -0.2) is 0 Å². The van der Waals surface area contributed by atoms with Gasteiger partial charge in [-0.15, -0.1) is 23.5 Å². The summed E-state index contributed by atoms with van der Waals surface area (Å²) >= 11 is 3.87. The minimum Gasteiger partial charge on any atom is -0.310 e. The van der Waals surface area contributed by atoms with Gasteiger partial charge in [0, 0.05) is 33.9 Å². The van der Waals surface area contributed by atoms with Crippen LogP contribution >= 0.6 is 23.5 Å². The number of nitrogens with one attached hydrogen (secondary N) is 1. The average molecular weight is 316 g/mol. The topological polar surface area (TPSA) is 12.0 Å². The third-order valence-electron chi connectivity index (χ3n) is 3.46. The van der Waals surface area contributed by atoms with Gasteiger partial charge in [0.05, 0.1) is 0 Å². The van der Waals surface area contributed by atoms with E-state index in [0.717, 1.165) is 24.1 Å². The monoisotopic (exact) mass is 315 g/mol. The summed E-state index contributed by atoms with van der Waals surface area (Å²) < 4.78 is 0. The van der Waals surface area contributed by atoms with E-state index >= 15 is 0 Å². The first-order valence-electron chi connectivity index (χ1n) is 7.53. The average Bonchev–Trinajstić information content (AvgIpc) is 3.36. The Bertz CT molecular complexity index is 535. The largest absolute Gasteiger partial charge is 0.310 e. The maximum absolute atomic E-state index is 3.55. The molecule has 0 atom stereocenters. The maximum Gasteiger partial charge on any atom is 0.0208 e. The van der Waals surface area contributed by atoms with Gasteiger partial charge in [-0.2, -0.15) is 0 Å². The molecule has 0 spiro atoms. The highest BCUT2D eigenvalue weighted by molar-refractivity contribution is 8.03. The predicted octanol–water partition coefficient (Wildman–Crippen LogP) is 4.82. The Morgan fingerprint density at radius 2 is 1.43 bits per heavy atom. The van der Waals surface area contributed by atoms with Gasteiger partial charge in [-0.1, -0.05) is 30.3 Å². The molecule has 110 valence electrons. The highest BCUT2D eigenvalue weighted by Crippen LogP contribution is 2.23. The SMILES string of the molecule is c1ccc(SCCSc2ccc(CNC3CC3)cc2)cc1. The van der Waals surface area contributed by atoms with Crippen LogP contribution in [0.2, 0.25) is 0 Å². The molecule has 3 rings (SSSR count). The fourth-order valence-corrected chi connectivity index (χ4v) is 3.91. The molecule has 0 amide bonds. The first-order chi connectivity index (χ1) is 10.4. The van der Waals surface area contributed by atoms with E-state index in [1.165, 1.54) is 28.2 Å². The van der Waals surface area contributed by atoms with E-state index in [0.29, 0.717) is 0 Å². The van der Waals surface area contributed by atoms with Crippen molar-refractivity contribution in [2.75, 3.05) is 11.5 Å². The second-order valence-corrected chi connectivity index (χ2v) is 7.65. The fraction of sp³-hybridized carbons (Fsp3) is 0.333. The standard InChI is InChI=1S/C18H21NS2/c1-2-4-17(5-3-1)20-12-13-21-18-10-6-15(7-11-18)14-19-16-8-9-16/h1-7,10-11,16,19H,8-9,12-14H2. The van der Waals surface area contributed by atoms with Gasteiger partial charge in [0.2, 0.25) is 0 Å². The molecular weight excluding hydrogens is 294 g/mol. The number of hydrogen-bond donors (Lipinski definition) is 1. The third kappa shape index (κ3) is 5.42. The Hall–Kier alpha value is -0.900. The van der Waals surface area contributed by atoms with Gasteiger partial charge in [-0.05, 0) is 42.7 Å². The molecule has 0 aromatic heterocycles. The summed E-state index contributed by atoms with van der Waals surface area (Å²) in [6.07, 6.45) is 2.71. The fourth-order valence-electron chi connectivity index (χ4n) is 2.09. The van der Waals surface area contributed by atoms with Gasteiger partial charge >= 0.3 is 0 Å². The molecule has 1 N–H and O–H groups in total. The van der Waals surface area contributed by atoms with Crippen molar-refractivity contribution in [1.29, 1.82) is 0 Å². The number of hydrogen-bond acceptors (Lipinski definition) is 3. The van der Waals surface area contributed by atoms with Gasteiger partial charge < -0.3 is 5.32 Å². The van der Waals surface area contributed by atoms with Crippen LogP contribution in [0, 0.1) is 0 Å². The van der Waals surface area contributed by atoms with E-state index in [1.807, 2.05) is 23.5 Å². The van der Waals surface area contributed by atoms with E-state index in [4.69, 9.17) is 0 Å². The Balaban J connectivity index is 1.36. The van der Waals surface area contributed by atoms with Crippen molar-refractivity contribution >= 4 is 23.5 Å². The minimum atomic E-state index is 0.786. The van der Waals surface area contributed by atoms with E-state index in [2.05, 4.69) is 59.9 Å². The molecule has 1 fully saturated rings. The first kappa shape index (κ1) is 15.0. The minimum absolute atomic E-state index is 0.786. The van der Waals surface area contributed by atoms with Crippen molar-refractivity contribution in [3.8, 4) is 0 Å². The normalized spacial score (nSPS) is 14.3. The summed E-state index contributed by atoms with van der Waals surface area (Å²) in [6.45, 7) is 1.01. The molecule has 0 aliphatic heterocycles. The van der Waals surface area contributed by atoms with Crippen LogP contribution in [-0.2, 0) is 6.54 Å². The Morgan fingerprint density at radius 3 is 2.05 bits per heavy atom. The number of benzene rings is 2. The van der Waals surface area contributed by atoms with Crippen molar-refractivity contribution in [2.45, 2.75) is 35.2 Å². The molecule has 0 unspecified atom stereocenters. The molecule has 0 heterocycles. The van der Waals surface area contributed by atoms with Crippen LogP contribution in [-0.4, -0.2) is 17.5 Å². The van der Waals surface area contributed by atoms with Gasteiger partial charge in [0.15, 0.2) is 0 Å². The lowest BCUT2D eigenvalue weighted by molar-refractivity contribution is 0.687. The molecule has 1 nitrogen and oxygen atoms in total. The van der Waals surface area contributed by atoms with Gasteiger partial charge in [-0.3, -0.25) is 0 Å². The summed E-state index contributed by atoms with van der Waals surface area (Å²) in [5, 5.41) is 3.55. The molecular formula is C18H21NS2. The summed E-state index contributed by atoms with van der Waals surface area (Å²) in [7, 11) is 0. The van der Waals surface area contributed by atoms with Crippen molar-refractivity contribution in [3.63, 3.8) is 0 Å².